The lowest BCUT2D eigenvalue weighted by molar-refractivity contribution is -0.116. The van der Waals surface area contributed by atoms with E-state index in [4.69, 9.17) is 0 Å². The first-order valence-corrected chi connectivity index (χ1v) is 8.05. The van der Waals surface area contributed by atoms with Gasteiger partial charge in [-0.2, -0.15) is 0 Å². The van der Waals surface area contributed by atoms with Crippen LogP contribution in [-0.2, 0) is 9.59 Å². The number of aromatic nitrogens is 1. The second kappa shape index (κ2) is 6.40. The van der Waals surface area contributed by atoms with E-state index in [1.54, 1.807) is 20.8 Å². The Balaban J connectivity index is 1.71. The molecule has 0 aliphatic heterocycles. The fourth-order valence-electron chi connectivity index (χ4n) is 2.94. The van der Waals surface area contributed by atoms with Crippen molar-refractivity contribution >= 4 is 28.3 Å². The maximum absolute atomic E-state index is 12.4. The molecule has 0 fully saturated rings. The van der Waals surface area contributed by atoms with Crippen LogP contribution in [0.3, 0.4) is 0 Å². The molecule has 1 aromatic heterocycles. The average Bonchev–Trinajstić information content (AvgIpc) is 2.61. The summed E-state index contributed by atoms with van der Waals surface area (Å²) in [5, 5.41) is 4.33. The molecular weight excluding hydrogens is 300 g/mol. The minimum Gasteiger partial charge on any atom is -0.370 e. The third-order valence-corrected chi connectivity index (χ3v) is 4.59. The van der Waals surface area contributed by atoms with E-state index in [1.165, 1.54) is 0 Å². The van der Waals surface area contributed by atoms with Crippen LogP contribution in [-0.4, -0.2) is 23.1 Å². The summed E-state index contributed by atoms with van der Waals surface area (Å²) in [4.78, 5) is 29.1. The Hall–Kier alpha value is -2.75. The van der Waals surface area contributed by atoms with E-state index in [1.807, 2.05) is 36.4 Å². The van der Waals surface area contributed by atoms with Crippen LogP contribution in [0.15, 0.2) is 58.7 Å². The first-order chi connectivity index (χ1) is 11.5. The van der Waals surface area contributed by atoms with Gasteiger partial charge in [-0.25, -0.2) is 4.98 Å². The summed E-state index contributed by atoms with van der Waals surface area (Å²) in [6, 6.07) is 11.9. The minimum atomic E-state index is -0.0223. The third kappa shape index (κ3) is 2.87. The molecule has 4 nitrogen and oxygen atoms in total. The van der Waals surface area contributed by atoms with E-state index in [-0.39, 0.29) is 11.6 Å². The average molecular weight is 320 g/mol. The van der Waals surface area contributed by atoms with Gasteiger partial charge in [0, 0.05) is 34.2 Å². The van der Waals surface area contributed by atoms with Gasteiger partial charge in [0.25, 0.3) is 0 Å². The number of hydrogen-bond acceptors (Lipinski definition) is 4. The van der Waals surface area contributed by atoms with Gasteiger partial charge in [-0.3, -0.25) is 9.59 Å². The van der Waals surface area contributed by atoms with Gasteiger partial charge in [0.05, 0.1) is 5.52 Å². The number of pyridine rings is 1. The number of nitrogens with one attached hydrogen (secondary N) is 1. The number of rotatable bonds is 4. The van der Waals surface area contributed by atoms with Gasteiger partial charge >= 0.3 is 0 Å². The summed E-state index contributed by atoms with van der Waals surface area (Å²) in [5.41, 5.74) is 3.22. The molecule has 1 heterocycles. The van der Waals surface area contributed by atoms with Crippen molar-refractivity contribution in [3.63, 3.8) is 0 Å². The molecular formula is C20H20N2O2. The molecule has 1 aliphatic rings. The Labute approximate surface area is 141 Å². The van der Waals surface area contributed by atoms with Crippen LogP contribution in [0.4, 0.5) is 5.82 Å². The van der Waals surface area contributed by atoms with Gasteiger partial charge < -0.3 is 5.32 Å². The van der Waals surface area contributed by atoms with Crippen LogP contribution in [0.25, 0.3) is 10.9 Å². The van der Waals surface area contributed by atoms with Crippen LogP contribution >= 0.6 is 0 Å². The summed E-state index contributed by atoms with van der Waals surface area (Å²) in [7, 11) is 0. The predicted octanol–water partition coefficient (Wildman–Crippen LogP) is 3.84. The summed E-state index contributed by atoms with van der Waals surface area (Å²) in [6.45, 7) is 5.73. The fraction of sp³-hybridized carbons (Fsp3) is 0.250. The number of anilines is 1. The minimum absolute atomic E-state index is 0.0159. The molecule has 3 rings (SSSR count). The Morgan fingerprint density at radius 3 is 2.38 bits per heavy atom. The van der Waals surface area contributed by atoms with E-state index >= 15 is 0 Å². The Kier molecular flexibility index (Phi) is 4.30. The van der Waals surface area contributed by atoms with E-state index in [2.05, 4.69) is 10.3 Å². The molecule has 4 heteroatoms. The fourth-order valence-corrected chi connectivity index (χ4v) is 2.94. The molecule has 1 aromatic carbocycles. The predicted molar refractivity (Wildman–Crippen MR) is 95.9 cm³/mol. The standard InChI is InChI=1S/C20H20N2O2/c1-12-13(2)20(24)16(14(3)19(12)23)10-11-21-18-9-8-15-6-4-5-7-17(15)22-18/h4-9H,10-11H2,1-3H3,(H,21,22). The highest BCUT2D eigenvalue weighted by Gasteiger charge is 2.27. The molecule has 0 bridgehead atoms. The maximum Gasteiger partial charge on any atom is 0.185 e. The maximum atomic E-state index is 12.4. The van der Waals surface area contributed by atoms with Crippen molar-refractivity contribution in [2.24, 2.45) is 0 Å². The largest absolute Gasteiger partial charge is 0.370 e. The van der Waals surface area contributed by atoms with Crippen molar-refractivity contribution in [2.75, 3.05) is 11.9 Å². The third-order valence-electron chi connectivity index (χ3n) is 4.59. The van der Waals surface area contributed by atoms with Gasteiger partial charge in [0.2, 0.25) is 0 Å². The zero-order valence-electron chi connectivity index (χ0n) is 14.1. The number of hydrogen-bond donors (Lipinski definition) is 1. The van der Waals surface area contributed by atoms with E-state index in [9.17, 15) is 9.59 Å². The van der Waals surface area contributed by atoms with Crippen molar-refractivity contribution in [3.8, 4) is 0 Å². The molecule has 0 atom stereocenters. The Morgan fingerprint density at radius 1 is 0.875 bits per heavy atom. The van der Waals surface area contributed by atoms with Crippen molar-refractivity contribution in [1.29, 1.82) is 0 Å². The second-order valence-corrected chi connectivity index (χ2v) is 6.08. The SMILES string of the molecule is CC1=C(C)C(=O)C(CCNc2ccc3ccccc3n2)=C(C)C1=O. The topological polar surface area (TPSA) is 59.1 Å². The van der Waals surface area contributed by atoms with Crippen molar-refractivity contribution < 1.29 is 9.59 Å². The van der Waals surface area contributed by atoms with Crippen molar-refractivity contribution in [3.05, 3.63) is 58.7 Å². The van der Waals surface area contributed by atoms with Crippen LogP contribution in [0.5, 0.6) is 0 Å². The van der Waals surface area contributed by atoms with E-state index in [0.717, 1.165) is 16.7 Å². The molecule has 24 heavy (non-hydrogen) atoms. The summed E-state index contributed by atoms with van der Waals surface area (Å²) in [5.74, 6) is 0.730. The lowest BCUT2D eigenvalue weighted by Gasteiger charge is -2.18. The number of carbonyl (C=O) groups excluding carboxylic acids is 2. The number of fused-ring (bicyclic) bond motifs is 1. The summed E-state index contributed by atoms with van der Waals surface area (Å²) in [6.07, 6.45) is 0.509. The first-order valence-electron chi connectivity index (χ1n) is 8.05. The number of allylic oxidation sites excluding steroid dienone is 3. The van der Waals surface area contributed by atoms with Gasteiger partial charge in [-0.05, 0) is 45.4 Å². The van der Waals surface area contributed by atoms with Gasteiger partial charge in [0.1, 0.15) is 5.82 Å². The van der Waals surface area contributed by atoms with Gasteiger partial charge in [-0.15, -0.1) is 0 Å². The normalized spacial score (nSPS) is 15.5. The molecule has 0 spiro atoms. The Bertz CT molecular complexity index is 907. The number of nitrogens with zero attached hydrogens (tertiary/aromatic N) is 1. The zero-order chi connectivity index (χ0) is 17.3. The highest BCUT2D eigenvalue weighted by Crippen LogP contribution is 2.26. The molecule has 122 valence electrons. The number of benzene rings is 1. The molecule has 2 aromatic rings. The molecule has 0 amide bonds. The van der Waals surface area contributed by atoms with E-state index < -0.39 is 0 Å². The lowest BCUT2D eigenvalue weighted by Crippen LogP contribution is -2.22. The summed E-state index contributed by atoms with van der Waals surface area (Å²) >= 11 is 0. The van der Waals surface area contributed by atoms with E-state index in [0.29, 0.717) is 35.3 Å². The van der Waals surface area contributed by atoms with Crippen molar-refractivity contribution in [2.45, 2.75) is 27.2 Å². The first kappa shape index (κ1) is 16.1. The highest BCUT2D eigenvalue weighted by atomic mass is 16.1. The number of ketones is 2. The lowest BCUT2D eigenvalue weighted by atomic mass is 9.84. The molecule has 0 saturated heterocycles. The zero-order valence-corrected chi connectivity index (χ0v) is 14.1. The monoisotopic (exact) mass is 320 g/mol. The van der Waals surface area contributed by atoms with Crippen LogP contribution < -0.4 is 5.32 Å². The molecule has 1 aliphatic carbocycles. The molecule has 0 saturated carbocycles. The quantitative estimate of drug-likeness (QED) is 0.870. The summed E-state index contributed by atoms with van der Waals surface area (Å²) < 4.78 is 0. The van der Waals surface area contributed by atoms with Crippen LogP contribution in [0, 0.1) is 0 Å². The van der Waals surface area contributed by atoms with Gasteiger partial charge in [0.15, 0.2) is 11.6 Å². The number of Topliss-reactive ketones (excluding diaryl/α,β-unsaturated/α-hetero) is 2. The smallest absolute Gasteiger partial charge is 0.185 e. The van der Waals surface area contributed by atoms with Crippen LogP contribution in [0.1, 0.15) is 27.2 Å². The van der Waals surface area contributed by atoms with Gasteiger partial charge in [-0.1, -0.05) is 18.2 Å². The highest BCUT2D eigenvalue weighted by molar-refractivity contribution is 6.24. The Morgan fingerprint density at radius 2 is 1.58 bits per heavy atom. The number of para-hydroxylation sites is 1. The molecule has 0 radical (unpaired) electrons. The van der Waals surface area contributed by atoms with Crippen molar-refractivity contribution in [1.82, 2.24) is 4.98 Å². The molecule has 0 unspecified atom stereocenters. The van der Waals surface area contributed by atoms with Crippen LogP contribution in [0.2, 0.25) is 0 Å². The second-order valence-electron chi connectivity index (χ2n) is 6.08. The molecule has 1 N–H and O–H groups in total. The number of carbonyl (C=O) groups is 2.